The molecule has 0 bridgehead atoms. The van der Waals surface area contributed by atoms with E-state index < -0.39 is 0 Å². The molecule has 0 spiro atoms. The highest BCUT2D eigenvalue weighted by molar-refractivity contribution is 5.76. The average Bonchev–Trinajstić information content (AvgIpc) is 3.17. The number of aromatic nitrogens is 3. The van der Waals surface area contributed by atoms with E-state index in [4.69, 9.17) is 4.74 Å². The van der Waals surface area contributed by atoms with Gasteiger partial charge in [-0.25, -0.2) is 4.98 Å². The van der Waals surface area contributed by atoms with Crippen LogP contribution in [0.2, 0.25) is 0 Å². The molecule has 2 aromatic rings. The van der Waals surface area contributed by atoms with Crippen molar-refractivity contribution in [3.63, 3.8) is 0 Å². The summed E-state index contributed by atoms with van der Waals surface area (Å²) in [5.41, 5.74) is 2.51. The molecule has 2 atom stereocenters. The van der Waals surface area contributed by atoms with Gasteiger partial charge in [0.1, 0.15) is 12.7 Å². The second kappa shape index (κ2) is 8.94. The number of benzene rings is 1. The van der Waals surface area contributed by atoms with E-state index in [1.165, 1.54) is 17.5 Å². The number of aryl methyl sites for hydroxylation is 2. The normalized spacial score (nSPS) is 20.3. The standard InChI is InChI=1S/C20H28N4O2/c1-16-7-9-17(10-8-16)13-18-19(26-2)5-3-12-24(18)20(25)6-4-11-23-15-21-14-22-23/h7-10,14-15,18-19H,3-6,11-13H2,1-2H3/t18-,19-/m0/s1. The third-order valence-corrected chi connectivity index (χ3v) is 5.15. The predicted molar refractivity (Wildman–Crippen MR) is 99.7 cm³/mol. The van der Waals surface area contributed by atoms with E-state index in [2.05, 4.69) is 41.3 Å². The molecular weight excluding hydrogens is 328 g/mol. The van der Waals surface area contributed by atoms with Crippen LogP contribution in [-0.4, -0.2) is 51.4 Å². The fraction of sp³-hybridized carbons (Fsp3) is 0.550. The predicted octanol–water partition coefficient (Wildman–Crippen LogP) is 2.62. The Morgan fingerprint density at radius 1 is 1.31 bits per heavy atom. The zero-order chi connectivity index (χ0) is 18.4. The van der Waals surface area contributed by atoms with E-state index in [-0.39, 0.29) is 18.1 Å². The van der Waals surface area contributed by atoms with Crippen LogP contribution in [0.1, 0.15) is 36.8 Å². The van der Waals surface area contributed by atoms with Crippen LogP contribution in [0.15, 0.2) is 36.9 Å². The van der Waals surface area contributed by atoms with Crippen LogP contribution in [0.4, 0.5) is 0 Å². The monoisotopic (exact) mass is 356 g/mol. The Kier molecular flexibility index (Phi) is 6.39. The molecule has 0 aliphatic carbocycles. The number of hydrogen-bond donors (Lipinski definition) is 0. The number of rotatable bonds is 7. The number of likely N-dealkylation sites (tertiary alicyclic amines) is 1. The Labute approximate surface area is 155 Å². The summed E-state index contributed by atoms with van der Waals surface area (Å²) in [5, 5.41) is 4.09. The second-order valence-electron chi connectivity index (χ2n) is 7.02. The summed E-state index contributed by atoms with van der Waals surface area (Å²) in [4.78, 5) is 18.8. The second-order valence-corrected chi connectivity index (χ2v) is 7.02. The van der Waals surface area contributed by atoms with Gasteiger partial charge in [0.25, 0.3) is 0 Å². The number of piperidine rings is 1. The van der Waals surface area contributed by atoms with Gasteiger partial charge in [-0.3, -0.25) is 9.48 Å². The molecule has 1 fully saturated rings. The first kappa shape index (κ1) is 18.6. The maximum Gasteiger partial charge on any atom is 0.222 e. The highest BCUT2D eigenvalue weighted by atomic mass is 16.5. The van der Waals surface area contributed by atoms with Crippen LogP contribution in [0.3, 0.4) is 0 Å². The van der Waals surface area contributed by atoms with Crippen LogP contribution in [0, 0.1) is 6.92 Å². The smallest absolute Gasteiger partial charge is 0.222 e. The minimum absolute atomic E-state index is 0.101. The van der Waals surface area contributed by atoms with Crippen LogP contribution >= 0.6 is 0 Å². The van der Waals surface area contributed by atoms with E-state index in [0.29, 0.717) is 6.42 Å². The Morgan fingerprint density at radius 2 is 2.12 bits per heavy atom. The van der Waals surface area contributed by atoms with Crippen LogP contribution in [0.5, 0.6) is 0 Å². The van der Waals surface area contributed by atoms with E-state index in [9.17, 15) is 4.79 Å². The molecule has 0 N–H and O–H groups in total. The topological polar surface area (TPSA) is 60.2 Å². The lowest BCUT2D eigenvalue weighted by Crippen LogP contribution is -2.52. The fourth-order valence-electron chi connectivity index (χ4n) is 3.70. The molecule has 1 amide bonds. The van der Waals surface area contributed by atoms with Gasteiger partial charge in [0, 0.05) is 26.6 Å². The Morgan fingerprint density at radius 3 is 2.81 bits per heavy atom. The van der Waals surface area contributed by atoms with Crippen molar-refractivity contribution >= 4 is 5.91 Å². The Balaban J connectivity index is 1.63. The van der Waals surface area contributed by atoms with Gasteiger partial charge in [0.05, 0.1) is 12.1 Å². The number of carbonyl (C=O) groups excluding carboxylic acids is 1. The fourth-order valence-corrected chi connectivity index (χ4v) is 3.70. The molecule has 6 nitrogen and oxygen atoms in total. The van der Waals surface area contributed by atoms with Gasteiger partial charge in [-0.05, 0) is 38.2 Å². The minimum Gasteiger partial charge on any atom is -0.379 e. The third-order valence-electron chi connectivity index (χ3n) is 5.15. The van der Waals surface area contributed by atoms with Crippen molar-refractivity contribution in [1.82, 2.24) is 19.7 Å². The van der Waals surface area contributed by atoms with E-state index in [1.54, 1.807) is 18.1 Å². The van der Waals surface area contributed by atoms with Gasteiger partial charge in [-0.15, -0.1) is 0 Å². The number of amides is 1. The largest absolute Gasteiger partial charge is 0.379 e. The summed E-state index contributed by atoms with van der Waals surface area (Å²) < 4.78 is 7.50. The van der Waals surface area contributed by atoms with Crippen LogP contribution in [-0.2, 0) is 22.5 Å². The maximum atomic E-state index is 12.9. The minimum atomic E-state index is 0.101. The average molecular weight is 356 g/mol. The van der Waals surface area contributed by atoms with Gasteiger partial charge < -0.3 is 9.64 Å². The molecule has 26 heavy (non-hydrogen) atoms. The molecule has 0 saturated carbocycles. The van der Waals surface area contributed by atoms with Crippen LogP contribution < -0.4 is 0 Å². The van der Waals surface area contributed by atoms with Crippen LogP contribution in [0.25, 0.3) is 0 Å². The zero-order valence-corrected chi connectivity index (χ0v) is 15.7. The molecular formula is C20H28N4O2. The first-order chi connectivity index (χ1) is 12.7. The van der Waals surface area contributed by atoms with E-state index >= 15 is 0 Å². The molecule has 1 aliphatic heterocycles. The van der Waals surface area contributed by atoms with Gasteiger partial charge >= 0.3 is 0 Å². The van der Waals surface area contributed by atoms with E-state index in [1.807, 2.05) is 4.90 Å². The van der Waals surface area contributed by atoms with Crippen molar-refractivity contribution in [3.8, 4) is 0 Å². The van der Waals surface area contributed by atoms with Gasteiger partial charge in [-0.2, -0.15) is 5.10 Å². The molecule has 1 aromatic carbocycles. The summed E-state index contributed by atoms with van der Waals surface area (Å²) in [6.07, 6.45) is 7.46. The highest BCUT2D eigenvalue weighted by Crippen LogP contribution is 2.24. The summed E-state index contributed by atoms with van der Waals surface area (Å²) in [6, 6.07) is 8.68. The molecule has 3 rings (SSSR count). The quantitative estimate of drug-likeness (QED) is 0.765. The third kappa shape index (κ3) is 4.69. The van der Waals surface area contributed by atoms with Gasteiger partial charge in [-0.1, -0.05) is 29.8 Å². The van der Waals surface area contributed by atoms with Crippen molar-refractivity contribution in [2.24, 2.45) is 0 Å². The number of ether oxygens (including phenoxy) is 1. The maximum absolute atomic E-state index is 12.9. The molecule has 0 unspecified atom stereocenters. The molecule has 1 saturated heterocycles. The highest BCUT2D eigenvalue weighted by Gasteiger charge is 2.34. The molecule has 2 heterocycles. The van der Waals surface area contributed by atoms with Gasteiger partial charge in [0.15, 0.2) is 0 Å². The van der Waals surface area contributed by atoms with Crippen molar-refractivity contribution < 1.29 is 9.53 Å². The molecule has 1 aliphatic rings. The first-order valence-electron chi connectivity index (χ1n) is 9.37. The zero-order valence-electron chi connectivity index (χ0n) is 15.7. The summed E-state index contributed by atoms with van der Waals surface area (Å²) in [6.45, 7) is 3.63. The molecule has 6 heteroatoms. The molecule has 0 radical (unpaired) electrons. The lowest BCUT2D eigenvalue weighted by Gasteiger charge is -2.41. The SMILES string of the molecule is CO[C@H]1CCCN(C(=O)CCCn2cncn2)[C@H]1Cc1ccc(C)cc1. The first-order valence-corrected chi connectivity index (χ1v) is 9.37. The summed E-state index contributed by atoms with van der Waals surface area (Å²) in [7, 11) is 1.76. The lowest BCUT2D eigenvalue weighted by molar-refractivity contribution is -0.139. The summed E-state index contributed by atoms with van der Waals surface area (Å²) >= 11 is 0. The number of nitrogens with zero attached hydrogens (tertiary/aromatic N) is 4. The number of methoxy groups -OCH3 is 1. The molecule has 1 aromatic heterocycles. The molecule has 140 valence electrons. The van der Waals surface area contributed by atoms with Crippen molar-refractivity contribution in [2.45, 2.75) is 57.7 Å². The van der Waals surface area contributed by atoms with Crippen molar-refractivity contribution in [2.75, 3.05) is 13.7 Å². The Bertz CT molecular complexity index is 684. The number of hydrogen-bond acceptors (Lipinski definition) is 4. The van der Waals surface area contributed by atoms with Crippen molar-refractivity contribution in [1.29, 1.82) is 0 Å². The van der Waals surface area contributed by atoms with Gasteiger partial charge in [0.2, 0.25) is 5.91 Å². The number of carbonyl (C=O) groups is 1. The van der Waals surface area contributed by atoms with E-state index in [0.717, 1.165) is 38.8 Å². The lowest BCUT2D eigenvalue weighted by atomic mass is 9.92. The Hall–Kier alpha value is -2.21. The summed E-state index contributed by atoms with van der Waals surface area (Å²) in [5.74, 6) is 0.212. The van der Waals surface area contributed by atoms with Crippen molar-refractivity contribution in [3.05, 3.63) is 48.0 Å².